The van der Waals surface area contributed by atoms with Crippen LogP contribution in [0.2, 0.25) is 0 Å². The van der Waals surface area contributed by atoms with Crippen molar-refractivity contribution in [1.82, 2.24) is 4.90 Å². The first kappa shape index (κ1) is 20.6. The summed E-state index contributed by atoms with van der Waals surface area (Å²) >= 11 is 0. The highest BCUT2D eigenvalue weighted by molar-refractivity contribution is 5.85. The van der Waals surface area contributed by atoms with Crippen molar-refractivity contribution in [2.24, 2.45) is 11.7 Å². The molecule has 5 nitrogen and oxygen atoms in total. The molecule has 6 heteroatoms. The minimum Gasteiger partial charge on any atom is -0.490 e. The number of fused-ring (bicyclic) bond motifs is 1. The largest absolute Gasteiger partial charge is 0.490 e. The second-order valence-corrected chi connectivity index (χ2v) is 6.09. The average Bonchev–Trinajstić information content (AvgIpc) is 2.54. The molecule has 1 aliphatic rings. The molecule has 0 aliphatic carbocycles. The fourth-order valence-electron chi connectivity index (χ4n) is 2.80. The Balaban J connectivity index is 0.00000288. The molecule has 2 rings (SSSR count). The number of hydrogen-bond acceptors (Lipinski definition) is 4. The van der Waals surface area contributed by atoms with E-state index in [0.717, 1.165) is 30.0 Å². The van der Waals surface area contributed by atoms with E-state index in [4.69, 9.17) is 15.2 Å². The Morgan fingerprint density at radius 3 is 2.21 bits per heavy atom. The third-order valence-corrected chi connectivity index (χ3v) is 4.37. The number of halogens is 1. The van der Waals surface area contributed by atoms with Gasteiger partial charge < -0.3 is 20.1 Å². The maximum Gasteiger partial charge on any atom is 0.227 e. The first-order valence-corrected chi connectivity index (χ1v) is 8.43. The summed E-state index contributed by atoms with van der Waals surface area (Å²) in [6, 6.07) is 3.93. The topological polar surface area (TPSA) is 64.8 Å². The molecule has 2 N–H and O–H groups in total. The normalized spacial score (nSPS) is 15.8. The molecule has 2 atom stereocenters. The molecule has 0 radical (unpaired) electrons. The molecule has 0 bridgehead atoms. The molecule has 1 amide bonds. The van der Waals surface area contributed by atoms with E-state index < -0.39 is 0 Å². The second-order valence-electron chi connectivity index (χ2n) is 6.09. The Morgan fingerprint density at radius 2 is 1.71 bits per heavy atom. The Kier molecular flexibility index (Phi) is 7.84. The zero-order valence-corrected chi connectivity index (χ0v) is 15.8. The van der Waals surface area contributed by atoms with E-state index in [-0.39, 0.29) is 30.3 Å². The Hall–Kier alpha value is -1.46. The summed E-state index contributed by atoms with van der Waals surface area (Å²) < 4.78 is 11.4. The van der Waals surface area contributed by atoms with Crippen molar-refractivity contribution < 1.29 is 14.3 Å². The van der Waals surface area contributed by atoms with Gasteiger partial charge in [-0.25, -0.2) is 0 Å². The van der Waals surface area contributed by atoms with Crippen LogP contribution in [0.1, 0.15) is 38.8 Å². The van der Waals surface area contributed by atoms with Gasteiger partial charge in [-0.05, 0) is 50.5 Å². The van der Waals surface area contributed by atoms with Gasteiger partial charge in [-0.1, -0.05) is 6.92 Å². The predicted octanol–water partition coefficient (Wildman–Crippen LogP) is 2.77. The smallest absolute Gasteiger partial charge is 0.227 e. The van der Waals surface area contributed by atoms with Crippen LogP contribution < -0.4 is 15.2 Å². The number of carbonyl (C=O) groups excluding carboxylic acids is 1. The van der Waals surface area contributed by atoms with Crippen molar-refractivity contribution in [3.8, 4) is 11.5 Å². The standard InChI is InChI=1S/C18H28N2O3.ClH/c1-5-22-16-9-14-7-8-20(18(21)12(3)13(4)19)11-15(14)10-17(16)23-6-2;/h9-10,12-13H,5-8,11,19H2,1-4H3;1H. The maximum atomic E-state index is 12.5. The summed E-state index contributed by atoms with van der Waals surface area (Å²) in [6.45, 7) is 10.2. The van der Waals surface area contributed by atoms with Gasteiger partial charge in [0, 0.05) is 19.1 Å². The minimum atomic E-state index is -0.161. The van der Waals surface area contributed by atoms with Gasteiger partial charge in [0.2, 0.25) is 5.91 Å². The van der Waals surface area contributed by atoms with Crippen molar-refractivity contribution in [1.29, 1.82) is 0 Å². The maximum absolute atomic E-state index is 12.5. The minimum absolute atomic E-state index is 0. The SMILES string of the molecule is CCOc1cc2c(cc1OCC)CN(C(=O)C(C)C(C)N)CC2.Cl. The molecule has 136 valence electrons. The summed E-state index contributed by atoms with van der Waals surface area (Å²) in [5, 5.41) is 0. The highest BCUT2D eigenvalue weighted by Crippen LogP contribution is 2.34. The number of rotatable bonds is 6. The van der Waals surface area contributed by atoms with Gasteiger partial charge in [0.25, 0.3) is 0 Å². The van der Waals surface area contributed by atoms with Crippen molar-refractivity contribution >= 4 is 18.3 Å². The fraction of sp³-hybridized carbons (Fsp3) is 0.611. The van der Waals surface area contributed by atoms with Crippen molar-refractivity contribution in [3.63, 3.8) is 0 Å². The van der Waals surface area contributed by atoms with Crippen molar-refractivity contribution in [3.05, 3.63) is 23.3 Å². The lowest BCUT2D eigenvalue weighted by Crippen LogP contribution is -2.43. The summed E-state index contributed by atoms with van der Waals surface area (Å²) in [4.78, 5) is 14.4. The summed E-state index contributed by atoms with van der Waals surface area (Å²) in [5.41, 5.74) is 8.23. The molecule has 0 fully saturated rings. The number of nitrogens with zero attached hydrogens (tertiary/aromatic N) is 1. The fourth-order valence-corrected chi connectivity index (χ4v) is 2.80. The van der Waals surface area contributed by atoms with Crippen LogP contribution in [0.3, 0.4) is 0 Å². The number of ether oxygens (including phenoxy) is 2. The molecule has 0 aromatic heterocycles. The molecule has 1 aromatic carbocycles. The number of amides is 1. The number of benzene rings is 1. The van der Waals surface area contributed by atoms with Crippen LogP contribution in [0.5, 0.6) is 11.5 Å². The van der Waals surface area contributed by atoms with Crippen LogP contribution in [-0.2, 0) is 17.8 Å². The molecule has 0 spiro atoms. The van der Waals surface area contributed by atoms with Crippen molar-refractivity contribution in [2.45, 2.75) is 46.7 Å². The zero-order chi connectivity index (χ0) is 17.0. The van der Waals surface area contributed by atoms with E-state index in [0.29, 0.717) is 19.8 Å². The Morgan fingerprint density at radius 1 is 1.17 bits per heavy atom. The number of hydrogen-bond donors (Lipinski definition) is 1. The molecule has 0 saturated carbocycles. The summed E-state index contributed by atoms with van der Waals surface area (Å²) in [5.74, 6) is 1.50. The molecule has 2 unspecified atom stereocenters. The van der Waals surface area contributed by atoms with Gasteiger partial charge in [-0.2, -0.15) is 0 Å². The van der Waals surface area contributed by atoms with Gasteiger partial charge in [0.1, 0.15) is 0 Å². The first-order valence-electron chi connectivity index (χ1n) is 8.43. The monoisotopic (exact) mass is 356 g/mol. The average molecular weight is 357 g/mol. The van der Waals surface area contributed by atoms with Crippen LogP contribution in [0.15, 0.2) is 12.1 Å². The molecular formula is C18H29ClN2O3. The van der Waals surface area contributed by atoms with E-state index in [9.17, 15) is 4.79 Å². The predicted molar refractivity (Wildman–Crippen MR) is 98.0 cm³/mol. The van der Waals surface area contributed by atoms with E-state index in [1.807, 2.05) is 38.7 Å². The van der Waals surface area contributed by atoms with Gasteiger partial charge in [-0.3, -0.25) is 4.79 Å². The van der Waals surface area contributed by atoms with E-state index >= 15 is 0 Å². The molecule has 1 heterocycles. The van der Waals surface area contributed by atoms with E-state index in [1.54, 1.807) is 0 Å². The first-order chi connectivity index (χ1) is 11.0. The summed E-state index contributed by atoms with van der Waals surface area (Å²) in [7, 11) is 0. The van der Waals surface area contributed by atoms with Crippen LogP contribution in [0.4, 0.5) is 0 Å². The van der Waals surface area contributed by atoms with Crippen LogP contribution >= 0.6 is 12.4 Å². The highest BCUT2D eigenvalue weighted by atomic mass is 35.5. The third-order valence-electron chi connectivity index (χ3n) is 4.37. The zero-order valence-electron chi connectivity index (χ0n) is 15.0. The quantitative estimate of drug-likeness (QED) is 0.851. The van der Waals surface area contributed by atoms with E-state index in [2.05, 4.69) is 6.07 Å². The molecule has 0 saturated heterocycles. The third kappa shape index (κ3) is 4.54. The van der Waals surface area contributed by atoms with Gasteiger partial charge >= 0.3 is 0 Å². The molecule has 1 aromatic rings. The second kappa shape index (κ2) is 9.14. The molecular weight excluding hydrogens is 328 g/mol. The van der Waals surface area contributed by atoms with Crippen LogP contribution in [0, 0.1) is 5.92 Å². The molecule has 1 aliphatic heterocycles. The van der Waals surface area contributed by atoms with Crippen LogP contribution in [-0.4, -0.2) is 36.6 Å². The lowest BCUT2D eigenvalue weighted by Gasteiger charge is -2.32. The number of carbonyl (C=O) groups is 1. The van der Waals surface area contributed by atoms with Gasteiger partial charge in [-0.15, -0.1) is 12.4 Å². The molecule has 24 heavy (non-hydrogen) atoms. The Bertz CT molecular complexity index is 563. The van der Waals surface area contributed by atoms with Gasteiger partial charge in [0.05, 0.1) is 19.1 Å². The highest BCUT2D eigenvalue weighted by Gasteiger charge is 2.27. The van der Waals surface area contributed by atoms with Gasteiger partial charge in [0.15, 0.2) is 11.5 Å². The lowest BCUT2D eigenvalue weighted by molar-refractivity contribution is -0.136. The number of nitrogens with two attached hydrogens (primary N) is 1. The lowest BCUT2D eigenvalue weighted by atomic mass is 9.96. The Labute approximate surface area is 150 Å². The van der Waals surface area contributed by atoms with E-state index in [1.165, 1.54) is 5.56 Å². The summed E-state index contributed by atoms with van der Waals surface area (Å²) in [6.07, 6.45) is 0.833. The van der Waals surface area contributed by atoms with Crippen LogP contribution in [0.25, 0.3) is 0 Å². The van der Waals surface area contributed by atoms with Crippen molar-refractivity contribution in [2.75, 3.05) is 19.8 Å².